The zero-order chi connectivity index (χ0) is 36.6. The predicted octanol–water partition coefficient (Wildman–Crippen LogP) is 8.62. The van der Waals surface area contributed by atoms with Crippen LogP contribution in [-0.2, 0) is 19.1 Å². The van der Waals surface area contributed by atoms with Gasteiger partial charge in [0, 0.05) is 24.5 Å². The van der Waals surface area contributed by atoms with Crippen molar-refractivity contribution in [1.29, 1.82) is 0 Å². The highest BCUT2D eigenvalue weighted by atomic mass is 16.5. The Bertz CT molecular complexity index is 1690. The number of aromatic nitrogens is 3. The fourth-order valence-corrected chi connectivity index (χ4v) is 13.5. The molecule has 0 spiro atoms. The normalized spacial score (nSPS) is 39.9. The zero-order valence-corrected chi connectivity index (χ0v) is 32.0. The van der Waals surface area contributed by atoms with Gasteiger partial charge in [-0.1, -0.05) is 27.2 Å². The minimum absolute atomic E-state index is 0.00504. The first kappa shape index (κ1) is 35.8. The molecule has 1 amide bonds. The zero-order valence-electron chi connectivity index (χ0n) is 32.0. The fourth-order valence-electron chi connectivity index (χ4n) is 13.5. The molecule has 282 valence electrons. The molecule has 2 aromatic rings. The molecule has 0 radical (unpaired) electrons. The fraction of sp³-hybridized carbons (Fsp3) is 0.744. The molecule has 1 saturated heterocycles. The number of rotatable bonds is 7. The summed E-state index contributed by atoms with van der Waals surface area (Å²) in [7, 11) is 0. The largest absolute Gasteiger partial charge is 0.481 e. The number of fused-ring (bicyclic) bond motifs is 7. The molecule has 1 aliphatic heterocycles. The Morgan fingerprint density at radius 3 is 2.48 bits per heavy atom. The Balaban J connectivity index is 0.979. The van der Waals surface area contributed by atoms with E-state index in [1.54, 1.807) is 20.0 Å². The van der Waals surface area contributed by atoms with Gasteiger partial charge in [-0.25, -0.2) is 4.98 Å². The maximum Gasteiger partial charge on any atom is 0.309 e. The van der Waals surface area contributed by atoms with Gasteiger partial charge in [0.1, 0.15) is 11.9 Å². The SMILES string of the molecule is CC1C2CC[C@]3(C)C(CC[C@@H]4C5CCC[C@]5(C(=O)N5CCC[C@H]5c5ncc(-c6cccnc6)[nH]5)CC[C@]43C)[C@H]2CC[C@@H]1OC(=O)CC(C)(C)C(=O)O. The van der Waals surface area contributed by atoms with E-state index in [1.165, 1.54) is 25.7 Å². The second-order valence-corrected chi connectivity index (χ2v) is 19.1. The van der Waals surface area contributed by atoms with E-state index in [0.717, 1.165) is 81.4 Å². The molecule has 2 aromatic heterocycles. The monoisotopic (exact) mass is 712 g/mol. The van der Waals surface area contributed by atoms with Gasteiger partial charge in [-0.15, -0.1) is 0 Å². The molecule has 5 saturated carbocycles. The van der Waals surface area contributed by atoms with Crippen molar-refractivity contribution in [3.63, 3.8) is 0 Å². The summed E-state index contributed by atoms with van der Waals surface area (Å²) in [5.41, 5.74) is 1.03. The third kappa shape index (κ3) is 5.48. The first-order valence-corrected chi connectivity index (χ1v) is 20.5. The molecule has 8 rings (SSSR count). The number of pyridine rings is 1. The highest BCUT2D eigenvalue weighted by molar-refractivity contribution is 5.84. The number of nitrogens with one attached hydrogen (secondary N) is 1. The minimum Gasteiger partial charge on any atom is -0.481 e. The van der Waals surface area contributed by atoms with Gasteiger partial charge in [0.2, 0.25) is 5.91 Å². The molecular weight excluding hydrogens is 652 g/mol. The summed E-state index contributed by atoms with van der Waals surface area (Å²) in [4.78, 5) is 54.5. The van der Waals surface area contributed by atoms with Gasteiger partial charge < -0.3 is 19.7 Å². The minimum atomic E-state index is -1.12. The van der Waals surface area contributed by atoms with E-state index in [9.17, 15) is 14.7 Å². The summed E-state index contributed by atoms with van der Waals surface area (Å²) in [6, 6.07) is 3.99. The Morgan fingerprint density at radius 2 is 1.71 bits per heavy atom. The number of aliphatic carboxylic acids is 1. The van der Waals surface area contributed by atoms with Crippen LogP contribution in [-0.4, -0.2) is 55.5 Å². The van der Waals surface area contributed by atoms with Crippen LogP contribution < -0.4 is 0 Å². The van der Waals surface area contributed by atoms with Crippen LogP contribution in [0.2, 0.25) is 0 Å². The summed E-state index contributed by atoms with van der Waals surface area (Å²) >= 11 is 0. The molecule has 3 heterocycles. The standard InChI is InChI=1S/C43H60N4O5/c1-26-28-16-18-41(4)30(29(28)12-15-35(26)52-36(48)23-40(2,3)39(50)51)13-14-31-32-10-6-17-43(32,20-19-42(31,41)5)38(49)47-22-8-11-34(47)37-45-25-33(46-37)27-9-7-21-44-24-27/h7,9,21,24-26,28-32,34-35H,6,8,10-20,22-23H2,1-5H3,(H,45,46)(H,50,51)/t26?,28?,29-,30?,31+,32?,34-,35-,41+,42+,43-/m0/s1. The second-order valence-electron chi connectivity index (χ2n) is 19.1. The Kier molecular flexibility index (Phi) is 8.92. The van der Waals surface area contributed by atoms with Crippen LogP contribution in [0.15, 0.2) is 30.7 Å². The number of carboxylic acid groups (broad SMARTS) is 1. The highest BCUT2D eigenvalue weighted by Crippen LogP contribution is 2.74. The first-order valence-electron chi connectivity index (χ1n) is 20.5. The van der Waals surface area contributed by atoms with Crippen LogP contribution in [0.4, 0.5) is 0 Å². The van der Waals surface area contributed by atoms with Crippen LogP contribution in [0.3, 0.4) is 0 Å². The Labute approximate surface area is 309 Å². The van der Waals surface area contributed by atoms with Crippen molar-refractivity contribution in [2.45, 2.75) is 137 Å². The summed E-state index contributed by atoms with van der Waals surface area (Å²) in [6.07, 6.45) is 19.5. The number of aromatic amines is 1. The molecule has 52 heavy (non-hydrogen) atoms. The Hall–Kier alpha value is -3.23. The lowest BCUT2D eigenvalue weighted by molar-refractivity contribution is -0.211. The number of likely N-dealkylation sites (tertiary alicyclic amines) is 1. The smallest absolute Gasteiger partial charge is 0.309 e. The van der Waals surface area contributed by atoms with Gasteiger partial charge in [0.05, 0.1) is 35.2 Å². The summed E-state index contributed by atoms with van der Waals surface area (Å²) in [5.74, 6) is 3.06. The summed E-state index contributed by atoms with van der Waals surface area (Å²) in [6.45, 7) is 11.5. The van der Waals surface area contributed by atoms with Gasteiger partial charge in [0.25, 0.3) is 0 Å². The van der Waals surface area contributed by atoms with E-state index in [4.69, 9.17) is 9.72 Å². The predicted molar refractivity (Wildman–Crippen MR) is 197 cm³/mol. The maximum atomic E-state index is 15.1. The molecule has 4 unspecified atom stereocenters. The molecule has 11 atom stereocenters. The first-order chi connectivity index (χ1) is 24.8. The van der Waals surface area contributed by atoms with E-state index in [2.05, 4.69) is 35.6 Å². The van der Waals surface area contributed by atoms with Crippen molar-refractivity contribution >= 4 is 17.8 Å². The number of hydrogen-bond acceptors (Lipinski definition) is 6. The molecule has 0 bridgehead atoms. The average Bonchev–Trinajstić information content (AvgIpc) is 3.90. The van der Waals surface area contributed by atoms with Crippen molar-refractivity contribution in [1.82, 2.24) is 19.9 Å². The number of carboxylic acids is 1. The average molecular weight is 713 g/mol. The molecule has 6 fully saturated rings. The Morgan fingerprint density at radius 1 is 0.923 bits per heavy atom. The highest BCUT2D eigenvalue weighted by Gasteiger charge is 2.68. The molecular formula is C43H60N4O5. The van der Waals surface area contributed by atoms with Crippen molar-refractivity contribution in [2.24, 2.45) is 57.2 Å². The number of nitrogens with zero attached hydrogens (tertiary/aromatic N) is 3. The lowest BCUT2D eigenvalue weighted by Gasteiger charge is -2.69. The second kappa shape index (κ2) is 13.0. The third-order valence-electron chi connectivity index (χ3n) is 16.5. The van der Waals surface area contributed by atoms with Gasteiger partial charge >= 0.3 is 11.9 Å². The number of carbonyl (C=O) groups excluding carboxylic acids is 2. The number of imidazole rings is 1. The molecule has 0 aromatic carbocycles. The van der Waals surface area contributed by atoms with Crippen LogP contribution in [0.1, 0.15) is 136 Å². The number of carbonyl (C=O) groups is 3. The van der Waals surface area contributed by atoms with Crippen molar-refractivity contribution < 1.29 is 24.2 Å². The van der Waals surface area contributed by atoms with Crippen LogP contribution in [0.5, 0.6) is 0 Å². The van der Waals surface area contributed by atoms with Crippen molar-refractivity contribution in [3.8, 4) is 11.3 Å². The number of amides is 1. The van der Waals surface area contributed by atoms with E-state index < -0.39 is 11.4 Å². The third-order valence-corrected chi connectivity index (χ3v) is 16.5. The van der Waals surface area contributed by atoms with Gasteiger partial charge in [-0.2, -0.15) is 0 Å². The molecule has 2 N–H and O–H groups in total. The molecule has 9 heteroatoms. The van der Waals surface area contributed by atoms with Crippen LogP contribution in [0.25, 0.3) is 11.3 Å². The van der Waals surface area contributed by atoms with Gasteiger partial charge in [-0.3, -0.25) is 19.4 Å². The van der Waals surface area contributed by atoms with Crippen molar-refractivity contribution in [2.75, 3.05) is 6.54 Å². The van der Waals surface area contributed by atoms with E-state index in [-0.39, 0.29) is 46.7 Å². The quantitative estimate of drug-likeness (QED) is 0.275. The van der Waals surface area contributed by atoms with Gasteiger partial charge in [-0.05, 0) is 149 Å². The number of hydrogen-bond donors (Lipinski definition) is 2. The van der Waals surface area contributed by atoms with Crippen molar-refractivity contribution in [3.05, 3.63) is 36.5 Å². The summed E-state index contributed by atoms with van der Waals surface area (Å²) in [5, 5.41) is 9.54. The molecule has 5 aliphatic carbocycles. The lowest BCUT2D eigenvalue weighted by Crippen LogP contribution is -2.63. The van der Waals surface area contributed by atoms with E-state index in [0.29, 0.717) is 35.5 Å². The molecule has 9 nitrogen and oxygen atoms in total. The number of esters is 1. The van der Waals surface area contributed by atoms with E-state index >= 15 is 4.79 Å². The number of ether oxygens (including phenoxy) is 1. The van der Waals surface area contributed by atoms with Crippen LogP contribution >= 0.6 is 0 Å². The summed E-state index contributed by atoms with van der Waals surface area (Å²) < 4.78 is 6.04. The lowest BCUT2D eigenvalue weighted by atomic mass is 9.36. The molecule has 6 aliphatic rings. The maximum absolute atomic E-state index is 15.1. The topological polar surface area (TPSA) is 125 Å². The number of H-pyrrole nitrogens is 1. The van der Waals surface area contributed by atoms with Gasteiger partial charge in [0.15, 0.2) is 0 Å². The van der Waals surface area contributed by atoms with Crippen LogP contribution in [0, 0.1) is 57.2 Å². The van der Waals surface area contributed by atoms with E-state index in [1.807, 2.05) is 24.5 Å².